The Morgan fingerprint density at radius 1 is 0.824 bits per heavy atom. The third-order valence-corrected chi connectivity index (χ3v) is 5.19. The number of hydrogen-bond acceptors (Lipinski definition) is 8. The Balaban J connectivity index is 5.64. The van der Waals surface area contributed by atoms with Crippen molar-refractivity contribution in [2.45, 2.75) is 83.1 Å². The highest BCUT2D eigenvalue weighted by atomic mass is 16.4. The minimum Gasteiger partial charge on any atom is -0.481 e. The average molecular weight is 490 g/mol. The van der Waals surface area contributed by atoms with Crippen molar-refractivity contribution in [3.8, 4) is 0 Å². The van der Waals surface area contributed by atoms with Gasteiger partial charge in [0.1, 0.15) is 24.2 Å². The normalized spacial score (nSPS) is 16.1. The number of carboxylic acid groups (broad SMARTS) is 2. The summed E-state index contributed by atoms with van der Waals surface area (Å²) in [6, 6.07) is -5.44. The van der Waals surface area contributed by atoms with Crippen molar-refractivity contribution in [1.82, 2.24) is 16.0 Å². The second-order valence-electron chi connectivity index (χ2n) is 8.04. The molecule has 0 aliphatic rings. The van der Waals surface area contributed by atoms with Gasteiger partial charge in [-0.1, -0.05) is 20.3 Å². The number of rotatable bonds is 16. The van der Waals surface area contributed by atoms with E-state index in [9.17, 15) is 39.0 Å². The van der Waals surface area contributed by atoms with Gasteiger partial charge in [-0.15, -0.1) is 0 Å². The smallest absolute Gasteiger partial charge is 0.326 e. The number of aliphatic carboxylic acids is 2. The van der Waals surface area contributed by atoms with Gasteiger partial charge in [-0.05, 0) is 25.7 Å². The molecule has 6 atom stereocenters. The molecule has 6 unspecified atom stereocenters. The van der Waals surface area contributed by atoms with Gasteiger partial charge < -0.3 is 42.7 Å². The minimum absolute atomic E-state index is 0.307. The first kappa shape index (κ1) is 30.7. The molecule has 0 radical (unpaired) electrons. The molecule has 0 rings (SSSR count). The number of aliphatic hydroxyl groups is 1. The van der Waals surface area contributed by atoms with Crippen LogP contribution in [-0.4, -0.2) is 81.2 Å². The third kappa shape index (κ3) is 11.0. The Hall–Kier alpha value is -3.26. The molecule has 14 nitrogen and oxygen atoms in total. The zero-order valence-corrected chi connectivity index (χ0v) is 19.4. The summed E-state index contributed by atoms with van der Waals surface area (Å²) < 4.78 is 0. The van der Waals surface area contributed by atoms with Crippen LogP contribution in [0.2, 0.25) is 0 Å². The first-order valence-electron chi connectivity index (χ1n) is 10.8. The van der Waals surface area contributed by atoms with E-state index in [2.05, 4.69) is 16.0 Å². The standard InChI is InChI=1S/C20H35N5O9/c1-4-9(2)16(25-18(31)15(22)10(3)26)19(32)23-11(6-8-14(28)29)17(30)24-12(20(33)34)5-7-13(21)27/h9-12,15-16,26H,4-8,22H2,1-3H3,(H2,21,27)(H,23,32)(H,24,30)(H,25,31)(H,28,29)(H,33,34). The summed E-state index contributed by atoms with van der Waals surface area (Å²) in [4.78, 5) is 71.3. The van der Waals surface area contributed by atoms with Gasteiger partial charge in [0.05, 0.1) is 6.10 Å². The number of carbonyl (C=O) groups is 6. The highest BCUT2D eigenvalue weighted by molar-refractivity contribution is 5.94. The predicted octanol–water partition coefficient (Wildman–Crippen LogP) is -2.59. The second kappa shape index (κ2) is 14.8. The van der Waals surface area contributed by atoms with E-state index in [1.54, 1.807) is 13.8 Å². The van der Waals surface area contributed by atoms with Crippen LogP contribution in [0.4, 0.5) is 0 Å². The number of primary amides is 1. The number of nitrogens with two attached hydrogens (primary N) is 2. The molecule has 34 heavy (non-hydrogen) atoms. The molecule has 14 heteroatoms. The van der Waals surface area contributed by atoms with Crippen LogP contribution < -0.4 is 27.4 Å². The zero-order chi connectivity index (χ0) is 26.6. The van der Waals surface area contributed by atoms with E-state index in [1.807, 2.05) is 0 Å². The molecule has 0 spiro atoms. The number of carboxylic acids is 2. The van der Waals surface area contributed by atoms with Crippen molar-refractivity contribution in [1.29, 1.82) is 0 Å². The first-order chi connectivity index (χ1) is 15.7. The molecular formula is C20H35N5O9. The highest BCUT2D eigenvalue weighted by Gasteiger charge is 2.33. The van der Waals surface area contributed by atoms with Crippen molar-refractivity contribution in [2.24, 2.45) is 17.4 Å². The van der Waals surface area contributed by atoms with Crippen molar-refractivity contribution in [3.63, 3.8) is 0 Å². The molecule has 0 aromatic carbocycles. The van der Waals surface area contributed by atoms with Crippen molar-refractivity contribution in [2.75, 3.05) is 0 Å². The number of aliphatic hydroxyl groups excluding tert-OH is 1. The largest absolute Gasteiger partial charge is 0.481 e. The van der Waals surface area contributed by atoms with Gasteiger partial charge in [-0.3, -0.25) is 24.0 Å². The number of carbonyl (C=O) groups excluding carboxylic acids is 4. The third-order valence-electron chi connectivity index (χ3n) is 5.19. The number of hydrogen-bond donors (Lipinski definition) is 8. The Kier molecular flexibility index (Phi) is 13.4. The molecule has 0 bridgehead atoms. The van der Waals surface area contributed by atoms with Gasteiger partial charge in [-0.25, -0.2) is 4.79 Å². The summed E-state index contributed by atoms with van der Waals surface area (Å²) in [6.45, 7) is 4.69. The van der Waals surface area contributed by atoms with E-state index in [1.165, 1.54) is 6.92 Å². The Labute approximate surface area is 196 Å². The summed E-state index contributed by atoms with van der Waals surface area (Å²) >= 11 is 0. The maximum Gasteiger partial charge on any atom is 0.326 e. The molecule has 0 aliphatic carbocycles. The van der Waals surface area contributed by atoms with E-state index in [0.29, 0.717) is 6.42 Å². The lowest BCUT2D eigenvalue weighted by molar-refractivity contribution is -0.143. The fourth-order valence-electron chi connectivity index (χ4n) is 2.78. The van der Waals surface area contributed by atoms with Gasteiger partial charge in [0.15, 0.2) is 0 Å². The van der Waals surface area contributed by atoms with Gasteiger partial charge >= 0.3 is 11.9 Å². The average Bonchev–Trinajstić information content (AvgIpc) is 2.75. The van der Waals surface area contributed by atoms with Crippen LogP contribution in [0.5, 0.6) is 0 Å². The van der Waals surface area contributed by atoms with Crippen LogP contribution in [0.1, 0.15) is 52.9 Å². The van der Waals surface area contributed by atoms with Gasteiger partial charge in [0.2, 0.25) is 23.6 Å². The molecule has 0 fully saturated rings. The molecule has 0 saturated heterocycles. The summed E-state index contributed by atoms with van der Waals surface area (Å²) in [6.07, 6.45) is -2.28. The zero-order valence-electron chi connectivity index (χ0n) is 19.4. The Morgan fingerprint density at radius 3 is 1.79 bits per heavy atom. The van der Waals surface area contributed by atoms with E-state index < -0.39 is 78.2 Å². The summed E-state index contributed by atoms with van der Waals surface area (Å²) in [7, 11) is 0. The summed E-state index contributed by atoms with van der Waals surface area (Å²) in [5, 5.41) is 34.7. The van der Waals surface area contributed by atoms with Gasteiger partial charge in [-0.2, -0.15) is 0 Å². The fourth-order valence-corrected chi connectivity index (χ4v) is 2.78. The van der Waals surface area contributed by atoms with E-state index in [-0.39, 0.29) is 19.3 Å². The molecule has 0 aliphatic heterocycles. The lowest BCUT2D eigenvalue weighted by Gasteiger charge is -2.28. The molecular weight excluding hydrogens is 454 g/mol. The van der Waals surface area contributed by atoms with Crippen LogP contribution in [0.25, 0.3) is 0 Å². The molecule has 0 aromatic rings. The minimum atomic E-state index is -1.50. The quantitative estimate of drug-likeness (QED) is 0.112. The van der Waals surface area contributed by atoms with Crippen molar-refractivity contribution < 1.29 is 44.1 Å². The monoisotopic (exact) mass is 489 g/mol. The SMILES string of the molecule is CCC(C)C(NC(=O)C(N)C(C)O)C(=O)NC(CCC(=O)O)C(=O)NC(CCC(N)=O)C(=O)O. The summed E-state index contributed by atoms with van der Waals surface area (Å²) in [5.41, 5.74) is 10.6. The van der Waals surface area contributed by atoms with Crippen molar-refractivity contribution in [3.05, 3.63) is 0 Å². The fraction of sp³-hybridized carbons (Fsp3) is 0.700. The van der Waals surface area contributed by atoms with Crippen LogP contribution >= 0.6 is 0 Å². The molecule has 0 saturated carbocycles. The Bertz CT molecular complexity index is 759. The van der Waals surface area contributed by atoms with Crippen LogP contribution in [0.15, 0.2) is 0 Å². The molecule has 0 aromatic heterocycles. The number of amides is 4. The first-order valence-corrected chi connectivity index (χ1v) is 10.8. The highest BCUT2D eigenvalue weighted by Crippen LogP contribution is 2.10. The lowest BCUT2D eigenvalue weighted by Crippen LogP contribution is -2.59. The van der Waals surface area contributed by atoms with E-state index in [0.717, 1.165) is 0 Å². The molecule has 4 amide bonds. The summed E-state index contributed by atoms with van der Waals surface area (Å²) in [5.74, 6) is -6.54. The van der Waals surface area contributed by atoms with Gasteiger partial charge in [0, 0.05) is 12.8 Å². The second-order valence-corrected chi connectivity index (χ2v) is 8.04. The predicted molar refractivity (Wildman–Crippen MR) is 118 cm³/mol. The van der Waals surface area contributed by atoms with Crippen molar-refractivity contribution >= 4 is 35.6 Å². The van der Waals surface area contributed by atoms with Crippen LogP contribution in [0, 0.1) is 5.92 Å². The maximum absolute atomic E-state index is 12.9. The van der Waals surface area contributed by atoms with Crippen LogP contribution in [0.3, 0.4) is 0 Å². The molecule has 194 valence electrons. The Morgan fingerprint density at radius 2 is 1.35 bits per heavy atom. The maximum atomic E-state index is 12.9. The van der Waals surface area contributed by atoms with Crippen LogP contribution in [-0.2, 0) is 28.8 Å². The number of nitrogens with one attached hydrogen (secondary N) is 3. The topological polar surface area (TPSA) is 251 Å². The molecule has 0 heterocycles. The van der Waals surface area contributed by atoms with Gasteiger partial charge in [0.25, 0.3) is 0 Å². The van der Waals surface area contributed by atoms with E-state index >= 15 is 0 Å². The molecule has 10 N–H and O–H groups in total. The van der Waals surface area contributed by atoms with E-state index in [4.69, 9.17) is 16.6 Å². The lowest BCUT2D eigenvalue weighted by atomic mass is 9.96.